The lowest BCUT2D eigenvalue weighted by Crippen LogP contribution is -2.12. The fourth-order valence-corrected chi connectivity index (χ4v) is 3.33. The zero-order valence-corrected chi connectivity index (χ0v) is 16.2. The molecule has 0 aliphatic carbocycles. The molecular formula is C20H12Cl2N4O3. The molecule has 7 nitrogen and oxygen atoms in total. The summed E-state index contributed by atoms with van der Waals surface area (Å²) in [6.45, 7) is 0. The average Bonchev–Trinajstić information content (AvgIpc) is 3.11. The van der Waals surface area contributed by atoms with Gasteiger partial charge in [0, 0.05) is 28.4 Å². The van der Waals surface area contributed by atoms with E-state index in [0.29, 0.717) is 33.1 Å². The standard InChI is InChI=1S/C20H12Cl2N4O3/c21-12-3-7-15(16(22)9-12)20(27)23-13-4-1-11(2-5-13)19-24-17-8-6-14(26(28)29)10-18(17)25-19/h1-10H,(H,23,27)(H,24,25). The molecule has 2 N–H and O–H groups in total. The summed E-state index contributed by atoms with van der Waals surface area (Å²) in [5.41, 5.74) is 2.86. The van der Waals surface area contributed by atoms with Gasteiger partial charge in [0.05, 0.1) is 26.5 Å². The highest BCUT2D eigenvalue weighted by Crippen LogP contribution is 2.26. The molecule has 0 saturated carbocycles. The number of nitrogens with zero attached hydrogens (tertiary/aromatic N) is 2. The Kier molecular flexibility index (Phi) is 4.92. The van der Waals surface area contributed by atoms with Gasteiger partial charge in [-0.15, -0.1) is 0 Å². The summed E-state index contributed by atoms with van der Waals surface area (Å²) in [5, 5.41) is 14.4. The van der Waals surface area contributed by atoms with Gasteiger partial charge < -0.3 is 10.3 Å². The number of carbonyl (C=O) groups excluding carboxylic acids is 1. The van der Waals surface area contributed by atoms with Crippen LogP contribution in [0, 0.1) is 10.1 Å². The third-order valence-electron chi connectivity index (χ3n) is 4.27. The minimum atomic E-state index is -0.454. The predicted molar refractivity (Wildman–Crippen MR) is 113 cm³/mol. The number of benzene rings is 3. The van der Waals surface area contributed by atoms with Crippen LogP contribution in [-0.2, 0) is 0 Å². The van der Waals surface area contributed by atoms with Crippen molar-refractivity contribution >= 4 is 51.5 Å². The number of rotatable bonds is 4. The summed E-state index contributed by atoms with van der Waals surface area (Å²) in [7, 11) is 0. The van der Waals surface area contributed by atoms with E-state index in [0.717, 1.165) is 5.56 Å². The Hall–Kier alpha value is -3.42. The zero-order valence-electron chi connectivity index (χ0n) is 14.6. The summed E-state index contributed by atoms with van der Waals surface area (Å²) in [6.07, 6.45) is 0. The molecule has 1 aromatic heterocycles. The monoisotopic (exact) mass is 426 g/mol. The Morgan fingerprint density at radius 2 is 1.79 bits per heavy atom. The average molecular weight is 427 g/mol. The molecule has 0 aliphatic rings. The summed E-state index contributed by atoms with van der Waals surface area (Å²) in [5.74, 6) is 0.217. The smallest absolute Gasteiger partial charge is 0.271 e. The number of hydrogen-bond donors (Lipinski definition) is 2. The van der Waals surface area contributed by atoms with Gasteiger partial charge >= 0.3 is 0 Å². The van der Waals surface area contributed by atoms with Crippen LogP contribution < -0.4 is 5.32 Å². The highest BCUT2D eigenvalue weighted by atomic mass is 35.5. The Morgan fingerprint density at radius 1 is 1.03 bits per heavy atom. The largest absolute Gasteiger partial charge is 0.338 e. The lowest BCUT2D eigenvalue weighted by molar-refractivity contribution is -0.384. The number of hydrogen-bond acceptors (Lipinski definition) is 4. The van der Waals surface area contributed by atoms with Crippen LogP contribution in [0.5, 0.6) is 0 Å². The van der Waals surface area contributed by atoms with Crippen molar-refractivity contribution in [2.75, 3.05) is 5.32 Å². The first kappa shape index (κ1) is 18.9. The molecule has 0 aliphatic heterocycles. The Labute approximate surface area is 174 Å². The molecule has 3 aromatic carbocycles. The summed E-state index contributed by atoms with van der Waals surface area (Å²) in [6, 6.07) is 16.1. The highest BCUT2D eigenvalue weighted by molar-refractivity contribution is 6.37. The second-order valence-electron chi connectivity index (χ2n) is 6.20. The van der Waals surface area contributed by atoms with Crippen LogP contribution in [0.25, 0.3) is 22.4 Å². The molecule has 4 rings (SSSR count). The topological polar surface area (TPSA) is 101 Å². The Morgan fingerprint density at radius 3 is 2.48 bits per heavy atom. The van der Waals surface area contributed by atoms with E-state index >= 15 is 0 Å². The SMILES string of the molecule is O=C(Nc1ccc(-c2nc3ccc([N+](=O)[O-])cc3[nH]2)cc1)c1ccc(Cl)cc1Cl. The van der Waals surface area contributed by atoms with E-state index in [4.69, 9.17) is 23.2 Å². The van der Waals surface area contributed by atoms with Crippen molar-refractivity contribution in [3.8, 4) is 11.4 Å². The third-order valence-corrected chi connectivity index (χ3v) is 4.82. The first-order valence-corrected chi connectivity index (χ1v) is 9.17. The van der Waals surface area contributed by atoms with Gasteiger partial charge in [0.1, 0.15) is 5.82 Å². The first-order valence-electron chi connectivity index (χ1n) is 8.42. The van der Waals surface area contributed by atoms with Crippen LogP contribution in [0.1, 0.15) is 10.4 Å². The van der Waals surface area contributed by atoms with Gasteiger partial charge in [-0.2, -0.15) is 0 Å². The highest BCUT2D eigenvalue weighted by Gasteiger charge is 2.13. The van der Waals surface area contributed by atoms with Crippen molar-refractivity contribution < 1.29 is 9.72 Å². The molecule has 0 atom stereocenters. The number of anilines is 1. The number of imidazole rings is 1. The number of aromatic amines is 1. The minimum absolute atomic E-state index is 0.00776. The second kappa shape index (κ2) is 7.54. The molecule has 4 aromatic rings. The number of H-pyrrole nitrogens is 1. The van der Waals surface area contributed by atoms with Gasteiger partial charge in [0.2, 0.25) is 0 Å². The van der Waals surface area contributed by atoms with Gasteiger partial charge in [-0.1, -0.05) is 23.2 Å². The fraction of sp³-hybridized carbons (Fsp3) is 0. The number of halogens is 2. The summed E-state index contributed by atoms with van der Waals surface area (Å²) < 4.78 is 0. The summed E-state index contributed by atoms with van der Waals surface area (Å²) >= 11 is 11.9. The van der Waals surface area contributed by atoms with Crippen molar-refractivity contribution in [1.82, 2.24) is 9.97 Å². The number of carbonyl (C=O) groups is 1. The number of non-ortho nitro benzene ring substituents is 1. The molecule has 9 heteroatoms. The predicted octanol–water partition coefficient (Wildman–Crippen LogP) is 5.70. The molecule has 0 fully saturated rings. The van der Waals surface area contributed by atoms with Crippen molar-refractivity contribution in [3.05, 3.63) is 86.4 Å². The van der Waals surface area contributed by atoms with E-state index in [1.807, 2.05) is 0 Å². The van der Waals surface area contributed by atoms with E-state index in [1.165, 1.54) is 18.2 Å². The molecule has 0 unspecified atom stereocenters. The van der Waals surface area contributed by atoms with Gasteiger partial charge in [0.25, 0.3) is 11.6 Å². The van der Waals surface area contributed by atoms with Crippen molar-refractivity contribution in [3.63, 3.8) is 0 Å². The van der Waals surface area contributed by atoms with Gasteiger partial charge in [-0.25, -0.2) is 4.98 Å². The van der Waals surface area contributed by atoms with Gasteiger partial charge in [-0.3, -0.25) is 14.9 Å². The molecule has 0 bridgehead atoms. The molecule has 0 radical (unpaired) electrons. The van der Waals surface area contributed by atoms with Crippen LogP contribution in [0.15, 0.2) is 60.7 Å². The van der Waals surface area contributed by atoms with E-state index in [2.05, 4.69) is 15.3 Å². The maximum absolute atomic E-state index is 12.4. The maximum atomic E-state index is 12.4. The lowest BCUT2D eigenvalue weighted by Gasteiger charge is -2.07. The van der Waals surface area contributed by atoms with Crippen LogP contribution in [0.4, 0.5) is 11.4 Å². The number of fused-ring (bicyclic) bond motifs is 1. The van der Waals surface area contributed by atoms with Crippen molar-refractivity contribution in [1.29, 1.82) is 0 Å². The van der Waals surface area contributed by atoms with Crippen molar-refractivity contribution in [2.24, 2.45) is 0 Å². The number of nitro groups is 1. The third kappa shape index (κ3) is 3.91. The lowest BCUT2D eigenvalue weighted by atomic mass is 10.1. The van der Waals surface area contributed by atoms with E-state index in [-0.39, 0.29) is 16.6 Å². The molecule has 1 amide bonds. The van der Waals surface area contributed by atoms with Crippen molar-refractivity contribution in [2.45, 2.75) is 0 Å². The van der Waals surface area contributed by atoms with Gasteiger partial charge in [-0.05, 0) is 48.5 Å². The van der Waals surface area contributed by atoms with Crippen LogP contribution >= 0.6 is 23.2 Å². The molecule has 1 heterocycles. The quantitative estimate of drug-likeness (QED) is 0.322. The minimum Gasteiger partial charge on any atom is -0.338 e. The number of nitrogens with one attached hydrogen (secondary N) is 2. The van der Waals surface area contributed by atoms with E-state index < -0.39 is 4.92 Å². The van der Waals surface area contributed by atoms with Gasteiger partial charge in [0.15, 0.2) is 0 Å². The molecule has 144 valence electrons. The van der Waals surface area contributed by atoms with E-state index in [1.54, 1.807) is 42.5 Å². The molecule has 0 saturated heterocycles. The van der Waals surface area contributed by atoms with Crippen LogP contribution in [0.3, 0.4) is 0 Å². The van der Waals surface area contributed by atoms with E-state index in [9.17, 15) is 14.9 Å². The zero-order chi connectivity index (χ0) is 20.5. The summed E-state index contributed by atoms with van der Waals surface area (Å²) in [4.78, 5) is 30.4. The Balaban J connectivity index is 1.55. The molecular weight excluding hydrogens is 415 g/mol. The second-order valence-corrected chi connectivity index (χ2v) is 7.04. The first-order chi connectivity index (χ1) is 13.9. The number of aromatic nitrogens is 2. The maximum Gasteiger partial charge on any atom is 0.271 e. The molecule has 0 spiro atoms. The number of nitro benzene ring substituents is 1. The normalized spacial score (nSPS) is 10.8. The Bertz CT molecular complexity index is 1250. The fourth-order valence-electron chi connectivity index (χ4n) is 2.83. The van der Waals surface area contributed by atoms with Crippen LogP contribution in [0.2, 0.25) is 10.0 Å². The van der Waals surface area contributed by atoms with Crippen LogP contribution in [-0.4, -0.2) is 20.8 Å². The number of amides is 1. The molecule has 29 heavy (non-hydrogen) atoms.